The fraction of sp³-hybridized carbons (Fsp3) is 0. The lowest BCUT2D eigenvalue weighted by molar-refractivity contribution is -0.111. The molecule has 2 aromatic carbocycles. The minimum atomic E-state index is -3.71. The molecule has 0 saturated heterocycles. The van der Waals surface area contributed by atoms with E-state index in [2.05, 4.69) is 37.6 Å². The maximum absolute atomic E-state index is 12.3. The van der Waals surface area contributed by atoms with Gasteiger partial charge in [-0.2, -0.15) is 0 Å². The standard InChI is InChI=1S/C18H14IN3O3S2/c19-16-4-2-1-3-13(16)5-10-17(23)21-14-6-8-15(9-7-14)27(24,25)22-18-20-11-12-26-18/h1-12H,(H,20,22)(H,21,23)/b10-5+. The predicted molar refractivity (Wildman–Crippen MR) is 116 cm³/mol. The van der Waals surface area contributed by atoms with Gasteiger partial charge in [-0.05, 0) is 64.6 Å². The number of rotatable bonds is 6. The average molecular weight is 511 g/mol. The van der Waals surface area contributed by atoms with E-state index in [4.69, 9.17) is 0 Å². The molecule has 1 heterocycles. The van der Waals surface area contributed by atoms with Gasteiger partial charge in [-0.1, -0.05) is 18.2 Å². The number of carbonyl (C=O) groups excluding carboxylic acids is 1. The van der Waals surface area contributed by atoms with E-state index in [-0.39, 0.29) is 10.8 Å². The second-order valence-electron chi connectivity index (χ2n) is 5.31. The second kappa shape index (κ2) is 8.63. The van der Waals surface area contributed by atoms with Crippen LogP contribution in [0.5, 0.6) is 0 Å². The summed E-state index contributed by atoms with van der Waals surface area (Å²) in [5.41, 5.74) is 1.45. The van der Waals surface area contributed by atoms with Gasteiger partial charge in [0.05, 0.1) is 4.90 Å². The van der Waals surface area contributed by atoms with Crippen LogP contribution in [0.1, 0.15) is 5.56 Å². The molecule has 1 amide bonds. The zero-order valence-electron chi connectivity index (χ0n) is 13.8. The number of hydrogen-bond donors (Lipinski definition) is 2. The largest absolute Gasteiger partial charge is 0.323 e. The first kappa shape index (κ1) is 19.5. The van der Waals surface area contributed by atoms with Gasteiger partial charge in [0.2, 0.25) is 5.91 Å². The summed E-state index contributed by atoms with van der Waals surface area (Å²) in [5, 5.41) is 4.68. The van der Waals surface area contributed by atoms with Crippen LogP contribution in [0.15, 0.2) is 71.1 Å². The third-order valence-corrected chi connectivity index (χ3v) is 6.56. The van der Waals surface area contributed by atoms with Crippen LogP contribution < -0.4 is 10.0 Å². The van der Waals surface area contributed by atoms with Gasteiger partial charge in [0, 0.05) is 26.9 Å². The molecule has 9 heteroatoms. The van der Waals surface area contributed by atoms with Gasteiger partial charge in [-0.25, -0.2) is 13.4 Å². The van der Waals surface area contributed by atoms with Gasteiger partial charge in [-0.15, -0.1) is 11.3 Å². The van der Waals surface area contributed by atoms with E-state index in [1.54, 1.807) is 11.5 Å². The molecule has 6 nitrogen and oxygen atoms in total. The lowest BCUT2D eigenvalue weighted by Gasteiger charge is -2.07. The zero-order valence-corrected chi connectivity index (χ0v) is 17.6. The van der Waals surface area contributed by atoms with Crippen LogP contribution >= 0.6 is 33.9 Å². The number of aromatic nitrogens is 1. The smallest absolute Gasteiger partial charge is 0.263 e. The molecule has 1 aromatic heterocycles. The summed E-state index contributed by atoms with van der Waals surface area (Å²) in [5.74, 6) is -0.300. The van der Waals surface area contributed by atoms with Gasteiger partial charge in [0.1, 0.15) is 0 Å². The van der Waals surface area contributed by atoms with E-state index in [9.17, 15) is 13.2 Å². The summed E-state index contributed by atoms with van der Waals surface area (Å²) in [6.07, 6.45) is 4.69. The molecule has 0 spiro atoms. The molecule has 0 unspecified atom stereocenters. The third kappa shape index (κ3) is 5.37. The molecule has 27 heavy (non-hydrogen) atoms. The van der Waals surface area contributed by atoms with Crippen LogP contribution in [0.3, 0.4) is 0 Å². The lowest BCUT2D eigenvalue weighted by Crippen LogP contribution is -2.13. The normalized spacial score (nSPS) is 11.4. The Hall–Kier alpha value is -2.24. The zero-order chi connectivity index (χ0) is 19.3. The number of benzene rings is 2. The number of sulfonamides is 1. The summed E-state index contributed by atoms with van der Waals surface area (Å²) < 4.78 is 28.0. The molecule has 0 radical (unpaired) electrons. The first-order valence-electron chi connectivity index (χ1n) is 7.70. The Morgan fingerprint density at radius 1 is 1.11 bits per heavy atom. The summed E-state index contributed by atoms with van der Waals surface area (Å²) in [6.45, 7) is 0. The molecule has 0 fully saturated rings. The molecule has 0 bridgehead atoms. The Morgan fingerprint density at radius 2 is 1.85 bits per heavy atom. The first-order valence-corrected chi connectivity index (χ1v) is 11.1. The number of carbonyl (C=O) groups is 1. The predicted octanol–water partition coefficient (Wildman–Crippen LogP) is 4.20. The number of amides is 1. The molecule has 0 aliphatic carbocycles. The fourth-order valence-electron chi connectivity index (χ4n) is 2.12. The van der Waals surface area contributed by atoms with Crippen molar-refractivity contribution in [3.63, 3.8) is 0 Å². The number of halogens is 1. The quantitative estimate of drug-likeness (QED) is 0.384. The third-order valence-electron chi connectivity index (χ3n) is 3.41. The van der Waals surface area contributed by atoms with Gasteiger partial charge in [0.15, 0.2) is 5.13 Å². The van der Waals surface area contributed by atoms with E-state index >= 15 is 0 Å². The molecule has 0 atom stereocenters. The number of thiazole rings is 1. The topological polar surface area (TPSA) is 88.2 Å². The maximum Gasteiger partial charge on any atom is 0.263 e. The summed E-state index contributed by atoms with van der Waals surface area (Å²) in [7, 11) is -3.71. The van der Waals surface area contributed by atoms with Crippen molar-refractivity contribution >= 4 is 66.8 Å². The van der Waals surface area contributed by atoms with Crippen LogP contribution in [0.4, 0.5) is 10.8 Å². The highest BCUT2D eigenvalue weighted by atomic mass is 127. The van der Waals surface area contributed by atoms with Crippen LogP contribution in [-0.2, 0) is 14.8 Å². The van der Waals surface area contributed by atoms with Crippen LogP contribution in [0.25, 0.3) is 6.08 Å². The molecule has 3 rings (SSSR count). The van der Waals surface area contributed by atoms with Crippen molar-refractivity contribution in [2.75, 3.05) is 10.0 Å². The molecule has 3 aromatic rings. The minimum absolute atomic E-state index is 0.0880. The Balaban J connectivity index is 1.65. The molecule has 2 N–H and O–H groups in total. The van der Waals surface area contributed by atoms with Gasteiger partial charge in [0.25, 0.3) is 10.0 Å². The Kier molecular flexibility index (Phi) is 6.24. The number of nitrogens with zero attached hydrogens (tertiary/aromatic N) is 1. The van der Waals surface area contributed by atoms with Gasteiger partial charge in [-0.3, -0.25) is 9.52 Å². The van der Waals surface area contributed by atoms with E-state index < -0.39 is 10.0 Å². The molecule has 0 aliphatic rings. The van der Waals surface area contributed by atoms with Crippen LogP contribution in [-0.4, -0.2) is 19.3 Å². The van der Waals surface area contributed by atoms with Crippen LogP contribution in [0.2, 0.25) is 0 Å². The fourth-order valence-corrected chi connectivity index (χ4v) is 4.48. The van der Waals surface area contributed by atoms with Crippen molar-refractivity contribution in [1.82, 2.24) is 4.98 Å². The molecule has 138 valence electrons. The van der Waals surface area contributed by atoms with Crippen molar-refractivity contribution in [3.05, 3.63) is 75.3 Å². The van der Waals surface area contributed by atoms with Crippen molar-refractivity contribution in [2.24, 2.45) is 0 Å². The number of anilines is 2. The highest BCUT2D eigenvalue weighted by Crippen LogP contribution is 2.19. The maximum atomic E-state index is 12.3. The summed E-state index contributed by atoms with van der Waals surface area (Å²) in [4.78, 5) is 16.0. The average Bonchev–Trinajstić information content (AvgIpc) is 3.14. The number of hydrogen-bond acceptors (Lipinski definition) is 5. The summed E-state index contributed by atoms with van der Waals surface area (Å²) in [6, 6.07) is 13.6. The Morgan fingerprint density at radius 3 is 2.52 bits per heavy atom. The SMILES string of the molecule is O=C(/C=C/c1ccccc1I)Nc1ccc(S(=O)(=O)Nc2nccs2)cc1. The van der Waals surface area contributed by atoms with Gasteiger partial charge >= 0.3 is 0 Å². The molecular weight excluding hydrogens is 497 g/mol. The molecule has 0 aliphatic heterocycles. The lowest BCUT2D eigenvalue weighted by atomic mass is 10.2. The van der Waals surface area contributed by atoms with Crippen molar-refractivity contribution in [2.45, 2.75) is 4.90 Å². The van der Waals surface area contributed by atoms with E-state index in [0.29, 0.717) is 10.8 Å². The van der Waals surface area contributed by atoms with Crippen molar-refractivity contribution < 1.29 is 13.2 Å². The highest BCUT2D eigenvalue weighted by molar-refractivity contribution is 14.1. The first-order chi connectivity index (χ1) is 12.9. The Labute approximate surface area is 174 Å². The van der Waals surface area contributed by atoms with E-state index in [0.717, 1.165) is 9.13 Å². The van der Waals surface area contributed by atoms with Crippen LogP contribution in [0, 0.1) is 3.57 Å². The number of nitrogens with one attached hydrogen (secondary N) is 2. The van der Waals surface area contributed by atoms with E-state index in [1.165, 1.54) is 47.9 Å². The van der Waals surface area contributed by atoms with Crippen molar-refractivity contribution in [1.29, 1.82) is 0 Å². The van der Waals surface area contributed by atoms with Gasteiger partial charge < -0.3 is 5.32 Å². The molecule has 0 saturated carbocycles. The highest BCUT2D eigenvalue weighted by Gasteiger charge is 2.15. The monoisotopic (exact) mass is 511 g/mol. The minimum Gasteiger partial charge on any atom is -0.323 e. The van der Waals surface area contributed by atoms with Crippen molar-refractivity contribution in [3.8, 4) is 0 Å². The Bertz CT molecular complexity index is 1060. The summed E-state index contributed by atoms with van der Waals surface area (Å²) >= 11 is 3.39. The van der Waals surface area contributed by atoms with E-state index in [1.807, 2.05) is 24.3 Å². The molecular formula is C18H14IN3O3S2. The second-order valence-corrected chi connectivity index (χ2v) is 9.05.